The second-order valence-electron chi connectivity index (χ2n) is 5.32. The van der Waals surface area contributed by atoms with Crippen LogP contribution >= 0.6 is 0 Å². The first kappa shape index (κ1) is 14.1. The molecule has 3 rings (SSSR count). The molecule has 2 heterocycles. The van der Waals surface area contributed by atoms with Crippen LogP contribution in [0.25, 0.3) is 0 Å². The van der Waals surface area contributed by atoms with E-state index in [0.717, 1.165) is 43.5 Å². The van der Waals surface area contributed by atoms with Gasteiger partial charge < -0.3 is 14.6 Å². The van der Waals surface area contributed by atoms with Crippen LogP contribution in [0, 0.1) is 0 Å². The molecule has 0 unspecified atom stereocenters. The monoisotopic (exact) mass is 286 g/mol. The molecule has 0 atom stereocenters. The van der Waals surface area contributed by atoms with Gasteiger partial charge in [-0.15, -0.1) is 10.2 Å². The van der Waals surface area contributed by atoms with Crippen LogP contribution in [0.1, 0.15) is 37.0 Å². The molecule has 0 saturated carbocycles. The Morgan fingerprint density at radius 2 is 2.14 bits per heavy atom. The van der Waals surface area contributed by atoms with Gasteiger partial charge in [0, 0.05) is 25.1 Å². The van der Waals surface area contributed by atoms with Gasteiger partial charge in [-0.25, -0.2) is 0 Å². The number of nitrogens with one attached hydrogen (secondary N) is 1. The van der Waals surface area contributed by atoms with E-state index >= 15 is 0 Å². The number of benzene rings is 1. The number of aromatic nitrogens is 3. The van der Waals surface area contributed by atoms with Gasteiger partial charge in [0.1, 0.15) is 18.2 Å². The molecule has 2 aromatic rings. The molecule has 1 aliphatic rings. The van der Waals surface area contributed by atoms with Gasteiger partial charge in [-0.2, -0.15) is 0 Å². The van der Waals surface area contributed by atoms with Crippen LogP contribution in [0.15, 0.2) is 24.3 Å². The fourth-order valence-corrected chi connectivity index (χ4v) is 2.67. The minimum absolute atomic E-state index is 0.482. The highest BCUT2D eigenvalue weighted by Gasteiger charge is 2.16. The second kappa shape index (κ2) is 6.72. The van der Waals surface area contributed by atoms with Crippen molar-refractivity contribution >= 4 is 0 Å². The molecule has 0 spiro atoms. The van der Waals surface area contributed by atoms with Crippen molar-refractivity contribution in [2.24, 2.45) is 0 Å². The van der Waals surface area contributed by atoms with E-state index in [1.54, 1.807) is 0 Å². The molecule has 0 fully saturated rings. The molecule has 5 heteroatoms. The number of rotatable bonds is 6. The molecule has 112 valence electrons. The number of para-hydroxylation sites is 1. The maximum atomic E-state index is 5.98. The van der Waals surface area contributed by atoms with Gasteiger partial charge in [-0.05, 0) is 25.5 Å². The predicted octanol–water partition coefficient (Wildman–Crippen LogP) is 2.30. The highest BCUT2D eigenvalue weighted by Crippen LogP contribution is 2.20. The summed E-state index contributed by atoms with van der Waals surface area (Å²) in [6.07, 6.45) is 3.45. The lowest BCUT2D eigenvalue weighted by atomic mass is 10.2. The van der Waals surface area contributed by atoms with Gasteiger partial charge >= 0.3 is 0 Å². The lowest BCUT2D eigenvalue weighted by Crippen LogP contribution is -2.15. The summed E-state index contributed by atoms with van der Waals surface area (Å²) >= 11 is 0. The number of fused-ring (bicyclic) bond motifs is 1. The summed E-state index contributed by atoms with van der Waals surface area (Å²) in [5.74, 6) is 2.95. The van der Waals surface area contributed by atoms with Gasteiger partial charge in [-0.1, -0.05) is 25.1 Å². The number of hydrogen-bond donors (Lipinski definition) is 1. The van der Waals surface area contributed by atoms with E-state index < -0.39 is 0 Å². The van der Waals surface area contributed by atoms with Crippen LogP contribution < -0.4 is 10.1 Å². The molecule has 5 nitrogen and oxygen atoms in total. The standard InChI is InChI=1S/C16H22N4O/c1-2-17-11-13-7-3-4-8-14(13)21-12-16-19-18-15-9-5-6-10-20(15)16/h3-4,7-8,17H,2,5-6,9-12H2,1H3. The first-order valence-corrected chi connectivity index (χ1v) is 7.71. The predicted molar refractivity (Wildman–Crippen MR) is 81.1 cm³/mol. The highest BCUT2D eigenvalue weighted by molar-refractivity contribution is 5.33. The number of ether oxygens (including phenoxy) is 1. The van der Waals surface area contributed by atoms with Gasteiger partial charge in [0.05, 0.1) is 0 Å². The van der Waals surface area contributed by atoms with Crippen molar-refractivity contribution in [2.45, 2.75) is 45.9 Å². The van der Waals surface area contributed by atoms with Crippen LogP contribution in [-0.4, -0.2) is 21.3 Å². The molecular formula is C16H22N4O. The topological polar surface area (TPSA) is 52.0 Å². The highest BCUT2D eigenvalue weighted by atomic mass is 16.5. The Hall–Kier alpha value is -1.88. The van der Waals surface area contributed by atoms with Gasteiger partial charge in [0.15, 0.2) is 5.82 Å². The summed E-state index contributed by atoms with van der Waals surface area (Å²) in [5.41, 5.74) is 1.18. The molecule has 0 bridgehead atoms. The maximum absolute atomic E-state index is 5.98. The Bertz CT molecular complexity index is 594. The first-order chi connectivity index (χ1) is 10.4. The Morgan fingerprint density at radius 1 is 1.24 bits per heavy atom. The van der Waals surface area contributed by atoms with Gasteiger partial charge in [-0.3, -0.25) is 0 Å². The summed E-state index contributed by atoms with van der Waals surface area (Å²) in [5, 5.41) is 11.9. The Kier molecular flexibility index (Phi) is 4.50. The second-order valence-corrected chi connectivity index (χ2v) is 5.32. The van der Waals surface area contributed by atoms with Crippen molar-refractivity contribution in [1.29, 1.82) is 0 Å². The smallest absolute Gasteiger partial charge is 0.171 e. The van der Waals surface area contributed by atoms with E-state index in [1.807, 2.05) is 18.2 Å². The van der Waals surface area contributed by atoms with Gasteiger partial charge in [0.25, 0.3) is 0 Å². The summed E-state index contributed by atoms with van der Waals surface area (Å²) in [4.78, 5) is 0. The van der Waals surface area contributed by atoms with Crippen molar-refractivity contribution in [3.63, 3.8) is 0 Å². The van der Waals surface area contributed by atoms with Crippen molar-refractivity contribution in [3.8, 4) is 5.75 Å². The van der Waals surface area contributed by atoms with E-state index in [4.69, 9.17) is 4.74 Å². The fraction of sp³-hybridized carbons (Fsp3) is 0.500. The molecule has 0 saturated heterocycles. The Labute approximate surface area is 125 Å². The van der Waals surface area contributed by atoms with Crippen molar-refractivity contribution < 1.29 is 4.74 Å². The summed E-state index contributed by atoms with van der Waals surface area (Å²) in [7, 11) is 0. The fourth-order valence-electron chi connectivity index (χ4n) is 2.67. The Morgan fingerprint density at radius 3 is 3.05 bits per heavy atom. The zero-order valence-electron chi connectivity index (χ0n) is 12.5. The van der Waals surface area contributed by atoms with E-state index in [9.17, 15) is 0 Å². The molecule has 1 aliphatic heterocycles. The summed E-state index contributed by atoms with van der Waals surface area (Å²) in [6, 6.07) is 8.15. The minimum atomic E-state index is 0.482. The summed E-state index contributed by atoms with van der Waals surface area (Å²) < 4.78 is 8.19. The van der Waals surface area contributed by atoms with Crippen LogP contribution in [0.3, 0.4) is 0 Å². The average molecular weight is 286 g/mol. The lowest BCUT2D eigenvalue weighted by molar-refractivity contribution is 0.282. The van der Waals surface area contributed by atoms with Crippen molar-refractivity contribution in [1.82, 2.24) is 20.1 Å². The largest absolute Gasteiger partial charge is 0.485 e. The van der Waals surface area contributed by atoms with Crippen LogP contribution in [0.5, 0.6) is 5.75 Å². The third-order valence-electron chi connectivity index (χ3n) is 3.83. The molecular weight excluding hydrogens is 264 g/mol. The number of hydrogen-bond acceptors (Lipinski definition) is 4. The zero-order valence-corrected chi connectivity index (χ0v) is 12.5. The molecule has 1 aromatic carbocycles. The van der Waals surface area contributed by atoms with Crippen molar-refractivity contribution in [2.75, 3.05) is 6.54 Å². The zero-order chi connectivity index (χ0) is 14.5. The van der Waals surface area contributed by atoms with Crippen LogP contribution in [-0.2, 0) is 26.1 Å². The third-order valence-corrected chi connectivity index (χ3v) is 3.83. The first-order valence-electron chi connectivity index (χ1n) is 7.71. The Balaban J connectivity index is 1.69. The molecule has 1 N–H and O–H groups in total. The van der Waals surface area contributed by atoms with E-state index in [1.165, 1.54) is 18.4 Å². The van der Waals surface area contributed by atoms with E-state index in [-0.39, 0.29) is 0 Å². The normalized spacial score (nSPS) is 14.0. The average Bonchev–Trinajstić information content (AvgIpc) is 2.95. The van der Waals surface area contributed by atoms with E-state index in [2.05, 4.69) is 33.1 Å². The summed E-state index contributed by atoms with van der Waals surface area (Å²) in [6.45, 7) is 5.37. The SMILES string of the molecule is CCNCc1ccccc1OCc1nnc2n1CCCC2. The molecule has 0 radical (unpaired) electrons. The lowest BCUT2D eigenvalue weighted by Gasteiger charge is -2.16. The maximum Gasteiger partial charge on any atom is 0.171 e. The number of aryl methyl sites for hydroxylation is 1. The van der Waals surface area contributed by atoms with E-state index in [0.29, 0.717) is 6.61 Å². The molecule has 1 aromatic heterocycles. The van der Waals surface area contributed by atoms with Crippen molar-refractivity contribution in [3.05, 3.63) is 41.5 Å². The quantitative estimate of drug-likeness (QED) is 0.885. The van der Waals surface area contributed by atoms with Crippen LogP contribution in [0.2, 0.25) is 0 Å². The minimum Gasteiger partial charge on any atom is -0.485 e. The molecule has 0 amide bonds. The van der Waals surface area contributed by atoms with Gasteiger partial charge in [0.2, 0.25) is 0 Å². The third kappa shape index (κ3) is 3.24. The van der Waals surface area contributed by atoms with Crippen LogP contribution in [0.4, 0.5) is 0 Å². The molecule has 21 heavy (non-hydrogen) atoms. The molecule has 0 aliphatic carbocycles. The number of nitrogens with zero attached hydrogens (tertiary/aromatic N) is 3.